The van der Waals surface area contributed by atoms with Crippen molar-refractivity contribution in [2.45, 2.75) is 51.6 Å². The van der Waals surface area contributed by atoms with Crippen LogP contribution in [0.5, 0.6) is 0 Å². The van der Waals surface area contributed by atoms with Crippen LogP contribution in [-0.4, -0.2) is 15.8 Å². The van der Waals surface area contributed by atoms with Crippen LogP contribution >= 0.6 is 15.9 Å². The third-order valence-electron chi connectivity index (χ3n) is 4.07. The van der Waals surface area contributed by atoms with Gasteiger partial charge in [0, 0.05) is 6.04 Å². The summed E-state index contributed by atoms with van der Waals surface area (Å²) in [4.78, 5) is 12.1. The zero-order valence-corrected chi connectivity index (χ0v) is 13.5. The second kappa shape index (κ2) is 7.07. The lowest BCUT2D eigenvalue weighted by atomic mass is 9.84. The standard InChI is InChI=1S/C15H22BrN3O/c1-3-9-19-15(20)14(16)13(10-17-19)18-12-7-5-11(4-2)6-8-12/h3,10-12,18H,1,4-9H2,2H3. The molecule has 0 unspecified atom stereocenters. The number of halogens is 1. The smallest absolute Gasteiger partial charge is 0.283 e. The fraction of sp³-hybridized carbons (Fsp3) is 0.600. The number of nitrogens with zero attached hydrogens (tertiary/aromatic N) is 2. The fourth-order valence-electron chi connectivity index (χ4n) is 2.75. The number of hydrogen-bond donors (Lipinski definition) is 1. The first-order valence-corrected chi connectivity index (χ1v) is 8.08. The molecular weight excluding hydrogens is 318 g/mol. The third-order valence-corrected chi connectivity index (χ3v) is 4.84. The Morgan fingerprint density at radius 2 is 2.20 bits per heavy atom. The molecule has 0 aromatic carbocycles. The molecule has 0 saturated heterocycles. The zero-order valence-electron chi connectivity index (χ0n) is 11.9. The summed E-state index contributed by atoms with van der Waals surface area (Å²) in [5.41, 5.74) is 0.687. The van der Waals surface area contributed by atoms with Crippen molar-refractivity contribution in [3.63, 3.8) is 0 Å². The Balaban J connectivity index is 2.05. The maximum Gasteiger partial charge on any atom is 0.283 e. The molecule has 4 nitrogen and oxygen atoms in total. The summed E-state index contributed by atoms with van der Waals surface area (Å²) in [6, 6.07) is 0.450. The largest absolute Gasteiger partial charge is 0.380 e. The summed E-state index contributed by atoms with van der Waals surface area (Å²) in [6.45, 7) is 6.32. The van der Waals surface area contributed by atoms with Crippen LogP contribution in [-0.2, 0) is 6.54 Å². The Hall–Kier alpha value is -1.10. The normalized spacial score (nSPS) is 22.5. The van der Waals surface area contributed by atoms with E-state index in [0.29, 0.717) is 17.1 Å². The first kappa shape index (κ1) is 15.3. The van der Waals surface area contributed by atoms with E-state index in [4.69, 9.17) is 0 Å². The van der Waals surface area contributed by atoms with Crippen molar-refractivity contribution in [3.8, 4) is 0 Å². The molecule has 20 heavy (non-hydrogen) atoms. The molecule has 110 valence electrons. The van der Waals surface area contributed by atoms with Gasteiger partial charge in [0.15, 0.2) is 0 Å². The monoisotopic (exact) mass is 339 g/mol. The lowest BCUT2D eigenvalue weighted by Crippen LogP contribution is -2.29. The van der Waals surface area contributed by atoms with Gasteiger partial charge in [-0.1, -0.05) is 19.4 Å². The predicted octanol–water partition coefficient (Wildman–Crippen LogP) is 3.57. The molecule has 1 aromatic heterocycles. The quantitative estimate of drug-likeness (QED) is 0.834. The molecule has 1 heterocycles. The van der Waals surface area contributed by atoms with Crippen LogP contribution in [0, 0.1) is 5.92 Å². The Bertz CT molecular complexity index is 518. The van der Waals surface area contributed by atoms with Crippen LogP contribution < -0.4 is 10.9 Å². The number of rotatable bonds is 5. The van der Waals surface area contributed by atoms with Gasteiger partial charge < -0.3 is 5.32 Å². The van der Waals surface area contributed by atoms with Crippen molar-refractivity contribution >= 4 is 21.6 Å². The van der Waals surface area contributed by atoms with Gasteiger partial charge in [0.25, 0.3) is 5.56 Å². The van der Waals surface area contributed by atoms with Crippen LogP contribution in [0.1, 0.15) is 39.0 Å². The molecule has 2 rings (SSSR count). The summed E-state index contributed by atoms with van der Waals surface area (Å²) in [5, 5.41) is 7.62. The fourth-order valence-corrected chi connectivity index (χ4v) is 3.17. The molecule has 1 saturated carbocycles. The molecule has 5 heteroatoms. The number of allylic oxidation sites excluding steroid dienone is 1. The summed E-state index contributed by atoms with van der Waals surface area (Å²) in [5.74, 6) is 0.871. The van der Waals surface area contributed by atoms with Crippen molar-refractivity contribution in [2.75, 3.05) is 5.32 Å². The second-order valence-corrected chi connectivity index (χ2v) is 6.21. The number of nitrogens with one attached hydrogen (secondary N) is 1. The van der Waals surface area contributed by atoms with Gasteiger partial charge in [0.2, 0.25) is 0 Å². The van der Waals surface area contributed by atoms with Crippen LogP contribution in [0.25, 0.3) is 0 Å². The van der Waals surface area contributed by atoms with Gasteiger partial charge in [0.1, 0.15) is 4.47 Å². The highest BCUT2D eigenvalue weighted by Crippen LogP contribution is 2.29. The minimum absolute atomic E-state index is 0.114. The Labute approximate surface area is 128 Å². The highest BCUT2D eigenvalue weighted by atomic mass is 79.9. The molecule has 0 aliphatic heterocycles. The maximum atomic E-state index is 12.1. The number of anilines is 1. The molecule has 0 spiro atoms. The van der Waals surface area contributed by atoms with Gasteiger partial charge in [-0.05, 0) is 47.5 Å². The first-order valence-electron chi connectivity index (χ1n) is 7.28. The third kappa shape index (κ3) is 3.51. The molecule has 1 fully saturated rings. The van der Waals surface area contributed by atoms with Crippen LogP contribution in [0.2, 0.25) is 0 Å². The second-order valence-electron chi connectivity index (χ2n) is 5.42. The van der Waals surface area contributed by atoms with Gasteiger partial charge in [-0.2, -0.15) is 5.10 Å². The summed E-state index contributed by atoms with van der Waals surface area (Å²) in [7, 11) is 0. The Morgan fingerprint density at radius 3 is 2.80 bits per heavy atom. The van der Waals surface area contributed by atoms with E-state index in [-0.39, 0.29) is 5.56 Å². The molecule has 1 N–H and O–H groups in total. The lowest BCUT2D eigenvalue weighted by Gasteiger charge is -2.29. The van der Waals surface area contributed by atoms with E-state index in [1.165, 1.54) is 36.8 Å². The SMILES string of the molecule is C=CCn1ncc(NC2CCC(CC)CC2)c(Br)c1=O. The van der Waals surface area contributed by atoms with E-state index in [9.17, 15) is 4.79 Å². The maximum absolute atomic E-state index is 12.1. The van der Waals surface area contributed by atoms with Gasteiger partial charge in [-0.3, -0.25) is 4.79 Å². The summed E-state index contributed by atoms with van der Waals surface area (Å²) >= 11 is 3.38. The lowest BCUT2D eigenvalue weighted by molar-refractivity contribution is 0.330. The van der Waals surface area contributed by atoms with Crippen LogP contribution in [0.4, 0.5) is 5.69 Å². The molecule has 0 atom stereocenters. The van der Waals surface area contributed by atoms with E-state index < -0.39 is 0 Å². The van der Waals surface area contributed by atoms with E-state index in [2.05, 4.69) is 39.8 Å². The van der Waals surface area contributed by atoms with Gasteiger partial charge in [0.05, 0.1) is 18.4 Å². The summed E-state index contributed by atoms with van der Waals surface area (Å²) in [6.07, 6.45) is 9.54. The van der Waals surface area contributed by atoms with E-state index in [0.717, 1.165) is 11.6 Å². The van der Waals surface area contributed by atoms with Crippen LogP contribution in [0.15, 0.2) is 28.1 Å². The van der Waals surface area contributed by atoms with Crippen molar-refractivity contribution < 1.29 is 0 Å². The van der Waals surface area contributed by atoms with E-state index >= 15 is 0 Å². The molecule has 0 radical (unpaired) electrons. The molecule has 1 aliphatic carbocycles. The van der Waals surface area contributed by atoms with Crippen molar-refractivity contribution in [2.24, 2.45) is 5.92 Å². The van der Waals surface area contributed by atoms with Crippen molar-refractivity contribution in [1.82, 2.24) is 9.78 Å². The molecular formula is C15H22BrN3O. The molecule has 1 aromatic rings. The van der Waals surface area contributed by atoms with E-state index in [1.807, 2.05) is 0 Å². The van der Waals surface area contributed by atoms with Gasteiger partial charge in [-0.25, -0.2) is 4.68 Å². The van der Waals surface area contributed by atoms with E-state index in [1.54, 1.807) is 12.3 Å². The first-order chi connectivity index (χ1) is 9.65. The van der Waals surface area contributed by atoms with Crippen LogP contribution in [0.3, 0.4) is 0 Å². The Morgan fingerprint density at radius 1 is 1.50 bits per heavy atom. The van der Waals surface area contributed by atoms with Gasteiger partial charge in [-0.15, -0.1) is 6.58 Å². The molecule has 0 amide bonds. The average Bonchev–Trinajstić information content (AvgIpc) is 2.48. The summed E-state index contributed by atoms with van der Waals surface area (Å²) < 4.78 is 1.96. The minimum Gasteiger partial charge on any atom is -0.380 e. The minimum atomic E-state index is -0.114. The van der Waals surface area contributed by atoms with Crippen molar-refractivity contribution in [1.29, 1.82) is 0 Å². The topological polar surface area (TPSA) is 46.9 Å². The highest BCUT2D eigenvalue weighted by Gasteiger charge is 2.21. The predicted molar refractivity (Wildman–Crippen MR) is 86.1 cm³/mol. The Kier molecular flexibility index (Phi) is 5.40. The number of aromatic nitrogens is 2. The zero-order chi connectivity index (χ0) is 14.5. The van der Waals surface area contributed by atoms with Crippen molar-refractivity contribution in [3.05, 3.63) is 33.7 Å². The number of hydrogen-bond acceptors (Lipinski definition) is 3. The van der Waals surface area contributed by atoms with Gasteiger partial charge >= 0.3 is 0 Å². The average molecular weight is 340 g/mol. The molecule has 0 bridgehead atoms. The molecule has 1 aliphatic rings. The highest BCUT2D eigenvalue weighted by molar-refractivity contribution is 9.10.